The average Bonchev–Trinajstić information content (AvgIpc) is 3.35. The Hall–Kier alpha value is -4.11. The van der Waals surface area contributed by atoms with Crippen molar-refractivity contribution in [1.29, 1.82) is 0 Å². The van der Waals surface area contributed by atoms with E-state index >= 15 is 0 Å². The molecule has 3 aromatic heterocycles. The van der Waals surface area contributed by atoms with Crippen LogP contribution in [0.3, 0.4) is 0 Å². The van der Waals surface area contributed by atoms with Crippen LogP contribution in [0, 0.1) is 11.8 Å². The van der Waals surface area contributed by atoms with Crippen LogP contribution < -0.4 is 16.6 Å². The third-order valence-electron chi connectivity index (χ3n) is 4.40. The lowest BCUT2D eigenvalue weighted by atomic mass is 10.1. The van der Waals surface area contributed by atoms with Gasteiger partial charge < -0.3 is 26.2 Å². The van der Waals surface area contributed by atoms with Gasteiger partial charge in [-0.2, -0.15) is 4.98 Å². The van der Waals surface area contributed by atoms with Crippen LogP contribution in [0.25, 0.3) is 11.0 Å². The van der Waals surface area contributed by atoms with E-state index in [1.165, 1.54) is 6.07 Å². The molecular weight excluding hydrogens is 438 g/mol. The zero-order chi connectivity index (χ0) is 23.3. The Kier molecular flexibility index (Phi) is 6.91. The third-order valence-corrected chi connectivity index (χ3v) is 5.33. The number of aryl methyl sites for hydroxylation is 1. The van der Waals surface area contributed by atoms with Crippen LogP contribution in [0.2, 0.25) is 0 Å². The van der Waals surface area contributed by atoms with Crippen molar-refractivity contribution in [2.24, 2.45) is 0 Å². The number of nitrogens with one attached hydrogen (secondary N) is 3. The summed E-state index contributed by atoms with van der Waals surface area (Å²) in [4.78, 5) is 55.7. The maximum absolute atomic E-state index is 12.3. The summed E-state index contributed by atoms with van der Waals surface area (Å²) in [5.41, 5.74) is 6.99. The number of nitrogens with zero attached hydrogens (tertiary/aromatic N) is 1. The van der Waals surface area contributed by atoms with Gasteiger partial charge in [-0.3, -0.25) is 19.4 Å². The fourth-order valence-electron chi connectivity index (χ4n) is 2.86. The first-order valence-corrected chi connectivity index (χ1v) is 10.3. The van der Waals surface area contributed by atoms with E-state index in [2.05, 4.69) is 32.1 Å². The van der Waals surface area contributed by atoms with Crippen molar-refractivity contribution in [2.75, 3.05) is 5.73 Å². The predicted octanol–water partition coefficient (Wildman–Crippen LogP) is 0.927. The van der Waals surface area contributed by atoms with Crippen LogP contribution in [0.1, 0.15) is 40.2 Å². The quantitative estimate of drug-likeness (QED) is 0.269. The molecule has 1 unspecified atom stereocenters. The molecule has 0 aliphatic heterocycles. The summed E-state index contributed by atoms with van der Waals surface area (Å²) in [5.74, 6) is 2.90. The molecule has 11 nitrogen and oxygen atoms in total. The molecular formula is C20H19N5O6S. The average molecular weight is 457 g/mol. The number of H-pyrrole nitrogens is 2. The Morgan fingerprint density at radius 2 is 2.03 bits per heavy atom. The zero-order valence-electron chi connectivity index (χ0n) is 16.6. The Morgan fingerprint density at radius 3 is 2.75 bits per heavy atom. The number of fused-ring (bicyclic) bond motifs is 1. The highest BCUT2D eigenvalue weighted by atomic mass is 32.1. The number of anilines is 1. The monoisotopic (exact) mass is 457 g/mol. The van der Waals surface area contributed by atoms with E-state index in [0.29, 0.717) is 29.4 Å². The first-order chi connectivity index (χ1) is 15.2. The lowest BCUT2D eigenvalue weighted by Gasteiger charge is -2.12. The Bertz CT molecular complexity index is 1300. The van der Waals surface area contributed by atoms with Crippen molar-refractivity contribution in [3.63, 3.8) is 0 Å². The number of nitrogen functional groups attached to an aromatic ring is 1. The minimum Gasteiger partial charge on any atom is -0.481 e. The zero-order valence-corrected chi connectivity index (χ0v) is 17.4. The maximum Gasteiger partial charge on any atom is 0.326 e. The highest BCUT2D eigenvalue weighted by molar-refractivity contribution is 7.12. The van der Waals surface area contributed by atoms with Crippen LogP contribution in [0.15, 0.2) is 22.3 Å². The molecule has 7 N–H and O–H groups in total. The highest BCUT2D eigenvalue weighted by Crippen LogP contribution is 2.15. The van der Waals surface area contributed by atoms with Gasteiger partial charge in [-0.1, -0.05) is 11.8 Å². The Morgan fingerprint density at radius 1 is 1.25 bits per heavy atom. The number of carbonyl (C=O) groups is 3. The molecule has 166 valence electrons. The van der Waals surface area contributed by atoms with E-state index in [0.717, 1.165) is 17.0 Å². The first kappa shape index (κ1) is 22.6. The molecule has 3 heterocycles. The first-order valence-electron chi connectivity index (χ1n) is 9.43. The summed E-state index contributed by atoms with van der Waals surface area (Å²) < 4.78 is 0. The molecule has 0 fully saturated rings. The molecule has 0 spiro atoms. The van der Waals surface area contributed by atoms with Crippen LogP contribution in [-0.2, 0) is 16.0 Å². The van der Waals surface area contributed by atoms with Crippen LogP contribution in [0.5, 0.6) is 0 Å². The van der Waals surface area contributed by atoms with Crippen LogP contribution in [-0.4, -0.2) is 49.1 Å². The minimum atomic E-state index is -1.30. The Balaban J connectivity index is 1.58. The number of hydrogen-bond donors (Lipinski definition) is 6. The van der Waals surface area contributed by atoms with E-state index in [4.69, 9.17) is 15.9 Å². The number of nitrogens with two attached hydrogens (primary N) is 1. The molecule has 0 bridgehead atoms. The topological polar surface area (TPSA) is 191 Å². The van der Waals surface area contributed by atoms with Gasteiger partial charge in [0.1, 0.15) is 11.7 Å². The number of carboxylic acid groups (broad SMARTS) is 2. The number of aromatic nitrogens is 3. The van der Waals surface area contributed by atoms with Crippen molar-refractivity contribution in [3.8, 4) is 11.8 Å². The van der Waals surface area contributed by atoms with Gasteiger partial charge in [-0.05, 0) is 25.0 Å². The number of carbonyl (C=O) groups excluding carboxylic acids is 1. The van der Waals surface area contributed by atoms with Gasteiger partial charge in [0.05, 0.1) is 10.3 Å². The number of aromatic amines is 2. The summed E-state index contributed by atoms with van der Waals surface area (Å²) >= 11 is 1.11. The standard InChI is InChI=1S/C20H19N5O6S/c21-20-24-16-12(17(28)25-20)8-11(22-16)4-2-1-3-10-7-14(32-9-10)18(29)23-13(19(30)31)5-6-15(26)27/h7-9,13H,2,4-6H2,(H,23,29)(H,26,27)(H,30,31)(H4,21,22,24,25,28). The largest absolute Gasteiger partial charge is 0.481 e. The van der Waals surface area contributed by atoms with E-state index < -0.39 is 23.9 Å². The fraction of sp³-hybridized carbons (Fsp3) is 0.250. The SMILES string of the molecule is Nc1nc2[nH]c(CCC#Cc3csc(C(=O)NC(CCC(=O)O)C(=O)O)c3)cc2c(=O)[nH]1. The molecule has 0 aliphatic carbocycles. The van der Waals surface area contributed by atoms with Gasteiger partial charge in [0.25, 0.3) is 11.5 Å². The summed E-state index contributed by atoms with van der Waals surface area (Å²) in [5, 5.41) is 22.2. The maximum atomic E-state index is 12.3. The molecule has 32 heavy (non-hydrogen) atoms. The van der Waals surface area contributed by atoms with E-state index in [1.807, 2.05) is 0 Å². The summed E-state index contributed by atoms with van der Waals surface area (Å²) in [7, 11) is 0. The fourth-order valence-corrected chi connectivity index (χ4v) is 3.61. The second kappa shape index (κ2) is 9.80. The molecule has 3 aromatic rings. The lowest BCUT2D eigenvalue weighted by Crippen LogP contribution is -2.40. The number of hydrogen-bond acceptors (Lipinski definition) is 7. The summed E-state index contributed by atoms with van der Waals surface area (Å²) in [6.07, 6.45) is 0.445. The molecule has 3 rings (SSSR count). The molecule has 1 atom stereocenters. The van der Waals surface area contributed by atoms with Crippen molar-refractivity contribution >= 4 is 46.2 Å². The molecule has 0 aliphatic rings. The normalized spacial score (nSPS) is 11.5. The van der Waals surface area contributed by atoms with E-state index in [-0.39, 0.29) is 29.2 Å². The number of thiophene rings is 1. The second-order valence-corrected chi connectivity index (χ2v) is 7.72. The number of aliphatic carboxylic acids is 2. The van der Waals surface area contributed by atoms with Crippen molar-refractivity contribution < 1.29 is 24.6 Å². The number of amides is 1. The van der Waals surface area contributed by atoms with E-state index in [9.17, 15) is 19.2 Å². The molecule has 0 aromatic carbocycles. The van der Waals surface area contributed by atoms with Gasteiger partial charge in [0.15, 0.2) is 0 Å². The van der Waals surface area contributed by atoms with E-state index in [1.54, 1.807) is 11.4 Å². The molecule has 0 saturated heterocycles. The van der Waals surface area contributed by atoms with Crippen molar-refractivity contribution in [3.05, 3.63) is 44.0 Å². The molecule has 1 amide bonds. The van der Waals surface area contributed by atoms with Gasteiger partial charge >= 0.3 is 11.9 Å². The molecule has 12 heteroatoms. The third kappa shape index (κ3) is 5.73. The van der Waals surface area contributed by atoms with Crippen LogP contribution >= 0.6 is 11.3 Å². The number of rotatable bonds is 8. The Labute approximate surface area is 184 Å². The summed E-state index contributed by atoms with van der Waals surface area (Å²) in [6.45, 7) is 0. The van der Waals surface area contributed by atoms with Gasteiger partial charge in [0, 0.05) is 29.5 Å². The molecule has 0 saturated carbocycles. The smallest absolute Gasteiger partial charge is 0.326 e. The predicted molar refractivity (Wildman–Crippen MR) is 116 cm³/mol. The van der Waals surface area contributed by atoms with Crippen LogP contribution in [0.4, 0.5) is 5.95 Å². The van der Waals surface area contributed by atoms with Gasteiger partial charge in [-0.15, -0.1) is 11.3 Å². The minimum absolute atomic E-state index is 0.0320. The van der Waals surface area contributed by atoms with Gasteiger partial charge in [-0.25, -0.2) is 4.79 Å². The van der Waals surface area contributed by atoms with Crippen molar-refractivity contribution in [1.82, 2.24) is 20.3 Å². The summed E-state index contributed by atoms with van der Waals surface area (Å²) in [6, 6.07) is 1.94. The van der Waals surface area contributed by atoms with Crippen molar-refractivity contribution in [2.45, 2.75) is 31.7 Å². The molecule has 0 radical (unpaired) electrons. The highest BCUT2D eigenvalue weighted by Gasteiger charge is 2.22. The van der Waals surface area contributed by atoms with Gasteiger partial charge in [0.2, 0.25) is 5.95 Å². The second-order valence-electron chi connectivity index (χ2n) is 6.81. The number of carboxylic acids is 2. The lowest BCUT2D eigenvalue weighted by molar-refractivity contribution is -0.140.